The van der Waals surface area contributed by atoms with Crippen molar-refractivity contribution in [3.05, 3.63) is 0 Å². The quantitative estimate of drug-likeness (QED) is 0.0657. The first-order valence-electron chi connectivity index (χ1n) is 15.7. The topological polar surface area (TPSA) is 80.3 Å². The molecule has 0 aromatic rings. The molecule has 0 fully saturated rings. The third-order valence-corrected chi connectivity index (χ3v) is 6.44. The van der Waals surface area contributed by atoms with E-state index in [1.807, 2.05) is 0 Å². The van der Waals surface area contributed by atoms with Gasteiger partial charge in [0.05, 0.1) is 39.6 Å². The minimum absolute atomic E-state index is 0.132. The van der Waals surface area contributed by atoms with Gasteiger partial charge in [-0.3, -0.25) is 9.59 Å². The SMILES string of the molecule is CCCCCCCCCCCCCCCC(=O)OCCOCCOCCOCCOC(=O)CCCCCC. The Morgan fingerprint density at radius 1 is 0.368 bits per heavy atom. The van der Waals surface area contributed by atoms with Gasteiger partial charge in [-0.05, 0) is 12.8 Å². The lowest BCUT2D eigenvalue weighted by Gasteiger charge is -2.08. The zero-order valence-electron chi connectivity index (χ0n) is 24.9. The highest BCUT2D eigenvalue weighted by Crippen LogP contribution is 2.13. The average molecular weight is 545 g/mol. The summed E-state index contributed by atoms with van der Waals surface area (Å²) in [6.07, 6.45) is 22.1. The Bertz CT molecular complexity index is 499. The van der Waals surface area contributed by atoms with Gasteiger partial charge >= 0.3 is 11.9 Å². The molecular weight excluding hydrogens is 484 g/mol. The van der Waals surface area contributed by atoms with E-state index in [9.17, 15) is 9.59 Å². The standard InChI is InChI=1S/C31H60O7/c1-3-5-7-9-10-11-12-13-14-15-16-17-19-21-31(33)38-29-27-36-25-23-34-22-24-35-26-28-37-30(32)20-18-8-6-4-2/h3-29H2,1-2H3. The number of ether oxygens (including phenoxy) is 5. The predicted octanol–water partition coefficient (Wildman–Crippen LogP) is 7.57. The second-order valence-electron chi connectivity index (χ2n) is 10.1. The Hall–Kier alpha value is -1.18. The van der Waals surface area contributed by atoms with Gasteiger partial charge in [0.1, 0.15) is 13.2 Å². The summed E-state index contributed by atoms with van der Waals surface area (Å²) in [6, 6.07) is 0. The van der Waals surface area contributed by atoms with Crippen molar-refractivity contribution >= 4 is 11.9 Å². The summed E-state index contributed by atoms with van der Waals surface area (Å²) in [6.45, 7) is 7.57. The number of carbonyl (C=O) groups is 2. The van der Waals surface area contributed by atoms with Crippen molar-refractivity contribution in [2.45, 2.75) is 136 Å². The molecular formula is C31H60O7. The first kappa shape index (κ1) is 36.8. The molecule has 0 spiro atoms. The van der Waals surface area contributed by atoms with Crippen LogP contribution in [0.25, 0.3) is 0 Å². The van der Waals surface area contributed by atoms with Gasteiger partial charge in [-0.25, -0.2) is 0 Å². The molecule has 0 heterocycles. The van der Waals surface area contributed by atoms with E-state index in [0.717, 1.165) is 38.5 Å². The van der Waals surface area contributed by atoms with E-state index in [2.05, 4.69) is 13.8 Å². The van der Waals surface area contributed by atoms with Gasteiger partial charge < -0.3 is 23.7 Å². The van der Waals surface area contributed by atoms with Gasteiger partial charge in [-0.2, -0.15) is 0 Å². The molecule has 0 N–H and O–H groups in total. The molecule has 0 aromatic heterocycles. The molecule has 0 bridgehead atoms. The molecule has 0 radical (unpaired) electrons. The van der Waals surface area contributed by atoms with Gasteiger partial charge in [-0.1, -0.05) is 110 Å². The second kappa shape index (κ2) is 32.0. The summed E-state index contributed by atoms with van der Waals surface area (Å²) in [5, 5.41) is 0. The highest BCUT2D eigenvalue weighted by Gasteiger charge is 2.03. The molecule has 0 aromatic carbocycles. The summed E-state index contributed by atoms with van der Waals surface area (Å²) < 4.78 is 26.6. The number of hydrogen-bond acceptors (Lipinski definition) is 7. The van der Waals surface area contributed by atoms with E-state index in [1.54, 1.807) is 0 Å². The van der Waals surface area contributed by atoms with Gasteiger partial charge in [-0.15, -0.1) is 0 Å². The van der Waals surface area contributed by atoms with Crippen LogP contribution in [0.3, 0.4) is 0 Å². The third kappa shape index (κ3) is 31.0. The van der Waals surface area contributed by atoms with Gasteiger partial charge in [0.25, 0.3) is 0 Å². The number of unbranched alkanes of at least 4 members (excludes halogenated alkanes) is 15. The van der Waals surface area contributed by atoms with Gasteiger partial charge in [0, 0.05) is 12.8 Å². The van der Waals surface area contributed by atoms with Crippen molar-refractivity contribution in [2.75, 3.05) is 52.9 Å². The Kier molecular flexibility index (Phi) is 31.0. The fourth-order valence-corrected chi connectivity index (χ4v) is 4.10. The van der Waals surface area contributed by atoms with E-state index >= 15 is 0 Å². The lowest BCUT2D eigenvalue weighted by atomic mass is 10.0. The highest BCUT2D eigenvalue weighted by molar-refractivity contribution is 5.69. The van der Waals surface area contributed by atoms with Crippen LogP contribution in [0.1, 0.15) is 136 Å². The minimum atomic E-state index is -0.150. The molecule has 0 aliphatic heterocycles. The zero-order valence-corrected chi connectivity index (χ0v) is 24.9. The molecule has 0 atom stereocenters. The lowest BCUT2D eigenvalue weighted by Crippen LogP contribution is -2.15. The number of esters is 2. The molecule has 7 nitrogen and oxygen atoms in total. The van der Waals surface area contributed by atoms with Crippen molar-refractivity contribution in [2.24, 2.45) is 0 Å². The molecule has 38 heavy (non-hydrogen) atoms. The number of hydrogen-bond donors (Lipinski definition) is 0. The van der Waals surface area contributed by atoms with Crippen LogP contribution in [0.5, 0.6) is 0 Å². The summed E-state index contributed by atoms with van der Waals surface area (Å²) >= 11 is 0. The van der Waals surface area contributed by atoms with Crippen molar-refractivity contribution in [3.8, 4) is 0 Å². The predicted molar refractivity (Wildman–Crippen MR) is 153 cm³/mol. The summed E-state index contributed by atoms with van der Waals surface area (Å²) in [5.41, 5.74) is 0. The second-order valence-corrected chi connectivity index (χ2v) is 10.1. The molecule has 0 saturated heterocycles. The van der Waals surface area contributed by atoms with Gasteiger partial charge in [0.2, 0.25) is 0 Å². The highest BCUT2D eigenvalue weighted by atomic mass is 16.6. The fourth-order valence-electron chi connectivity index (χ4n) is 4.10. The summed E-state index contributed by atoms with van der Waals surface area (Å²) in [7, 11) is 0. The Balaban J connectivity index is 3.20. The van der Waals surface area contributed by atoms with Crippen LogP contribution in [-0.2, 0) is 33.3 Å². The van der Waals surface area contributed by atoms with Crippen molar-refractivity contribution in [1.29, 1.82) is 0 Å². The zero-order chi connectivity index (χ0) is 27.8. The fraction of sp³-hybridized carbons (Fsp3) is 0.935. The van der Waals surface area contributed by atoms with E-state index in [4.69, 9.17) is 23.7 Å². The Morgan fingerprint density at radius 2 is 0.632 bits per heavy atom. The van der Waals surface area contributed by atoms with Crippen molar-refractivity contribution in [1.82, 2.24) is 0 Å². The molecule has 0 saturated carbocycles. The van der Waals surface area contributed by atoms with E-state index in [1.165, 1.54) is 70.6 Å². The molecule has 0 aliphatic carbocycles. The number of carbonyl (C=O) groups excluding carboxylic acids is 2. The van der Waals surface area contributed by atoms with Crippen LogP contribution < -0.4 is 0 Å². The smallest absolute Gasteiger partial charge is 0.305 e. The summed E-state index contributed by atoms with van der Waals surface area (Å²) in [4.78, 5) is 23.3. The normalized spacial score (nSPS) is 11.1. The number of rotatable bonds is 31. The van der Waals surface area contributed by atoms with E-state index < -0.39 is 0 Å². The maximum atomic E-state index is 11.8. The van der Waals surface area contributed by atoms with E-state index in [-0.39, 0.29) is 25.2 Å². The largest absolute Gasteiger partial charge is 0.463 e. The molecule has 0 unspecified atom stereocenters. The minimum Gasteiger partial charge on any atom is -0.463 e. The van der Waals surface area contributed by atoms with Crippen LogP contribution in [0, 0.1) is 0 Å². The van der Waals surface area contributed by atoms with Crippen LogP contribution in [0.4, 0.5) is 0 Å². The molecule has 7 heteroatoms. The molecule has 0 amide bonds. The van der Waals surface area contributed by atoms with Crippen LogP contribution >= 0.6 is 0 Å². The van der Waals surface area contributed by atoms with Crippen LogP contribution in [0.15, 0.2) is 0 Å². The monoisotopic (exact) mass is 544 g/mol. The first-order valence-corrected chi connectivity index (χ1v) is 15.7. The Labute approximate surface area is 234 Å². The van der Waals surface area contributed by atoms with E-state index in [0.29, 0.717) is 52.5 Å². The average Bonchev–Trinajstić information content (AvgIpc) is 2.92. The molecule has 226 valence electrons. The van der Waals surface area contributed by atoms with Crippen molar-refractivity contribution < 1.29 is 33.3 Å². The molecule has 0 aliphatic rings. The summed E-state index contributed by atoms with van der Waals surface area (Å²) in [5.74, 6) is -0.282. The first-order chi connectivity index (χ1) is 18.7. The van der Waals surface area contributed by atoms with Gasteiger partial charge in [0.15, 0.2) is 0 Å². The van der Waals surface area contributed by atoms with Crippen LogP contribution in [-0.4, -0.2) is 64.8 Å². The third-order valence-electron chi connectivity index (χ3n) is 6.44. The maximum absolute atomic E-state index is 11.8. The van der Waals surface area contributed by atoms with Crippen molar-refractivity contribution in [3.63, 3.8) is 0 Å². The van der Waals surface area contributed by atoms with Crippen LogP contribution in [0.2, 0.25) is 0 Å². The molecule has 0 rings (SSSR count). The maximum Gasteiger partial charge on any atom is 0.305 e. The Morgan fingerprint density at radius 3 is 0.974 bits per heavy atom. The lowest BCUT2D eigenvalue weighted by molar-refractivity contribution is -0.146.